The van der Waals surface area contributed by atoms with Gasteiger partial charge in [-0.2, -0.15) is 0 Å². The molecule has 1 saturated heterocycles. The summed E-state index contributed by atoms with van der Waals surface area (Å²) in [5.74, 6) is 1.81. The Morgan fingerprint density at radius 1 is 1.07 bits per heavy atom. The molecule has 1 aromatic carbocycles. The van der Waals surface area contributed by atoms with Crippen LogP contribution in [0.15, 0.2) is 42.9 Å². The van der Waals surface area contributed by atoms with Crippen LogP contribution < -0.4 is 10.1 Å². The molecule has 1 N–H and O–H groups in total. The quantitative estimate of drug-likeness (QED) is 0.339. The van der Waals surface area contributed by atoms with Gasteiger partial charge >= 0.3 is 0 Å². The van der Waals surface area contributed by atoms with Crippen LogP contribution in [0.25, 0.3) is 16.8 Å². The number of halogens is 1. The van der Waals surface area contributed by atoms with Gasteiger partial charge in [0.2, 0.25) is 0 Å². The minimum absolute atomic E-state index is 0.257. The molecule has 1 amide bonds. The first-order valence-corrected chi connectivity index (χ1v) is 14.8. The standard InChI is InChI=1S/C31H38ClN7O2/c1-20-29-28(22-7-10-25(27(17-22)41-4)34-31(40)26-18-23(32)19-37(26)3)35-30(39(29)12-11-33-20)21-5-8-24(9-6-21)38-15-13-36(2)14-16-38/h7,10-12,17-19,21,24H,5-6,8-9,13-16H2,1-4H3,(H,34,40)/t21-,24-. The van der Waals surface area contributed by atoms with Crippen LogP contribution in [-0.4, -0.2) is 81.0 Å². The Kier molecular flexibility index (Phi) is 7.76. The fourth-order valence-electron chi connectivity index (χ4n) is 6.47. The third kappa shape index (κ3) is 5.46. The maximum atomic E-state index is 12.9. The highest BCUT2D eigenvalue weighted by molar-refractivity contribution is 6.31. The first kappa shape index (κ1) is 27.8. The highest BCUT2D eigenvalue weighted by Gasteiger charge is 2.31. The van der Waals surface area contributed by atoms with Crippen LogP contribution in [0.2, 0.25) is 5.02 Å². The SMILES string of the molecule is COc1cc(-c2nc([C@H]3CC[C@H](N4CCN(C)CC4)CC3)n3ccnc(C)c23)ccc1NC(=O)c1cc(Cl)cn1C. The molecular weight excluding hydrogens is 538 g/mol. The van der Waals surface area contributed by atoms with Crippen LogP contribution in [0.3, 0.4) is 0 Å². The number of hydrogen-bond donors (Lipinski definition) is 1. The van der Waals surface area contributed by atoms with Gasteiger partial charge in [-0.1, -0.05) is 17.7 Å². The average molecular weight is 576 g/mol. The predicted molar refractivity (Wildman–Crippen MR) is 162 cm³/mol. The number of ether oxygens (including phenoxy) is 1. The Labute approximate surface area is 246 Å². The van der Waals surface area contributed by atoms with E-state index in [9.17, 15) is 4.79 Å². The number of fused-ring (bicyclic) bond motifs is 1. The van der Waals surface area contributed by atoms with Crippen LogP contribution in [0.1, 0.15) is 53.6 Å². The van der Waals surface area contributed by atoms with Crippen LogP contribution in [0.5, 0.6) is 5.75 Å². The van der Waals surface area contributed by atoms with Gasteiger partial charge in [0, 0.05) is 69.3 Å². The number of hydrogen-bond acceptors (Lipinski definition) is 6. The number of carbonyl (C=O) groups excluding carboxylic acids is 1. The predicted octanol–water partition coefficient (Wildman–Crippen LogP) is 5.23. The van der Waals surface area contributed by atoms with Crippen LogP contribution in [0, 0.1) is 6.92 Å². The Morgan fingerprint density at radius 3 is 2.51 bits per heavy atom. The minimum atomic E-state index is -0.257. The maximum Gasteiger partial charge on any atom is 0.272 e. The summed E-state index contributed by atoms with van der Waals surface area (Å²) < 4.78 is 9.65. The van der Waals surface area contributed by atoms with Crippen molar-refractivity contribution >= 4 is 28.7 Å². The van der Waals surface area contributed by atoms with Crippen molar-refractivity contribution in [3.63, 3.8) is 0 Å². The van der Waals surface area contributed by atoms with E-state index in [0.29, 0.717) is 34.1 Å². The first-order valence-electron chi connectivity index (χ1n) is 14.4. The number of nitrogens with zero attached hydrogens (tertiary/aromatic N) is 6. The molecule has 216 valence electrons. The average Bonchev–Trinajstić information content (AvgIpc) is 3.54. The summed E-state index contributed by atoms with van der Waals surface area (Å²) in [4.78, 5) is 27.9. The molecule has 2 fully saturated rings. The molecule has 0 bridgehead atoms. The summed E-state index contributed by atoms with van der Waals surface area (Å²) in [5, 5.41) is 3.47. The lowest BCUT2D eigenvalue weighted by Gasteiger charge is -2.41. The molecule has 1 aliphatic carbocycles. The van der Waals surface area contributed by atoms with Crippen molar-refractivity contribution in [3.05, 3.63) is 65.1 Å². The Bertz CT molecular complexity index is 1560. The number of imidazole rings is 1. The molecule has 10 heteroatoms. The Hall–Kier alpha value is -3.40. The second-order valence-corrected chi connectivity index (χ2v) is 11.9. The van der Waals surface area contributed by atoms with Crippen molar-refractivity contribution in [2.75, 3.05) is 45.7 Å². The van der Waals surface area contributed by atoms with Crippen molar-refractivity contribution in [1.29, 1.82) is 0 Å². The molecule has 0 atom stereocenters. The number of amides is 1. The molecule has 0 unspecified atom stereocenters. The number of piperazine rings is 1. The molecule has 0 radical (unpaired) electrons. The molecule has 41 heavy (non-hydrogen) atoms. The van der Waals surface area contributed by atoms with Crippen molar-refractivity contribution < 1.29 is 9.53 Å². The van der Waals surface area contributed by atoms with Gasteiger partial charge in [-0.3, -0.25) is 19.1 Å². The summed E-state index contributed by atoms with van der Waals surface area (Å²) in [5.41, 5.74) is 4.81. The number of nitrogens with one attached hydrogen (secondary N) is 1. The highest BCUT2D eigenvalue weighted by Crippen LogP contribution is 2.39. The lowest BCUT2D eigenvalue weighted by molar-refractivity contribution is 0.0872. The third-order valence-electron chi connectivity index (χ3n) is 8.81. The monoisotopic (exact) mass is 575 g/mol. The van der Waals surface area contributed by atoms with Gasteiger partial charge < -0.3 is 19.5 Å². The summed E-state index contributed by atoms with van der Waals surface area (Å²) in [6.45, 7) is 6.69. The van der Waals surface area contributed by atoms with E-state index >= 15 is 0 Å². The molecule has 2 aliphatic rings. The molecule has 4 heterocycles. The zero-order chi connectivity index (χ0) is 28.7. The zero-order valence-electron chi connectivity index (χ0n) is 24.2. The number of rotatable bonds is 6. The molecule has 9 nitrogen and oxygen atoms in total. The summed E-state index contributed by atoms with van der Waals surface area (Å²) in [6, 6.07) is 8.11. The summed E-state index contributed by atoms with van der Waals surface area (Å²) >= 11 is 6.08. The lowest BCUT2D eigenvalue weighted by Crippen LogP contribution is -2.49. The van der Waals surface area contributed by atoms with Crippen LogP contribution in [-0.2, 0) is 7.05 Å². The lowest BCUT2D eigenvalue weighted by atomic mass is 9.84. The second-order valence-electron chi connectivity index (χ2n) is 11.4. The number of methoxy groups -OCH3 is 1. The van der Waals surface area contributed by atoms with E-state index in [0.717, 1.165) is 54.2 Å². The van der Waals surface area contributed by atoms with Crippen molar-refractivity contribution in [2.45, 2.75) is 44.6 Å². The number of benzene rings is 1. The van der Waals surface area contributed by atoms with Gasteiger partial charge in [0.25, 0.3) is 5.91 Å². The number of aromatic nitrogens is 4. The number of carbonyl (C=O) groups is 1. The van der Waals surface area contributed by atoms with E-state index in [1.807, 2.05) is 37.5 Å². The van der Waals surface area contributed by atoms with Gasteiger partial charge in [-0.15, -0.1) is 0 Å². The van der Waals surface area contributed by atoms with Crippen molar-refractivity contribution in [1.82, 2.24) is 28.7 Å². The number of aryl methyl sites for hydroxylation is 2. The van der Waals surface area contributed by atoms with Gasteiger partial charge in [0.05, 0.1) is 34.7 Å². The summed E-state index contributed by atoms with van der Waals surface area (Å²) in [6.07, 6.45) is 10.3. The smallest absolute Gasteiger partial charge is 0.272 e. The fourth-order valence-corrected chi connectivity index (χ4v) is 6.72. The largest absolute Gasteiger partial charge is 0.495 e. The van der Waals surface area contributed by atoms with E-state index in [2.05, 4.69) is 31.5 Å². The van der Waals surface area contributed by atoms with E-state index < -0.39 is 0 Å². The molecule has 3 aromatic heterocycles. The third-order valence-corrected chi connectivity index (χ3v) is 9.02. The molecule has 6 rings (SSSR count). The van der Waals surface area contributed by atoms with Crippen molar-refractivity contribution in [2.24, 2.45) is 7.05 Å². The molecule has 1 saturated carbocycles. The Balaban J connectivity index is 1.27. The first-order chi connectivity index (χ1) is 19.8. The van der Waals surface area contributed by atoms with Crippen molar-refractivity contribution in [3.8, 4) is 17.0 Å². The molecular formula is C31H38ClN7O2. The van der Waals surface area contributed by atoms with Gasteiger partial charge in [0.1, 0.15) is 17.3 Å². The van der Waals surface area contributed by atoms with Crippen LogP contribution in [0.4, 0.5) is 5.69 Å². The topological polar surface area (TPSA) is 79.9 Å². The number of anilines is 1. The van der Waals surface area contributed by atoms with E-state index in [-0.39, 0.29) is 5.91 Å². The second kappa shape index (κ2) is 11.5. The molecule has 0 spiro atoms. The van der Waals surface area contributed by atoms with Crippen LogP contribution >= 0.6 is 11.6 Å². The Morgan fingerprint density at radius 2 is 1.83 bits per heavy atom. The maximum absolute atomic E-state index is 12.9. The molecule has 1 aliphatic heterocycles. The zero-order valence-corrected chi connectivity index (χ0v) is 25.0. The number of likely N-dealkylation sites (N-methyl/N-ethyl adjacent to an activating group) is 1. The molecule has 4 aromatic rings. The summed E-state index contributed by atoms with van der Waals surface area (Å²) in [7, 11) is 5.61. The highest BCUT2D eigenvalue weighted by atomic mass is 35.5. The van der Waals surface area contributed by atoms with Gasteiger partial charge in [-0.25, -0.2) is 4.98 Å². The normalized spacial score (nSPS) is 20.4. The van der Waals surface area contributed by atoms with E-state index in [1.54, 1.807) is 31.0 Å². The van der Waals surface area contributed by atoms with E-state index in [4.69, 9.17) is 21.3 Å². The van der Waals surface area contributed by atoms with Gasteiger partial charge in [-0.05, 0) is 57.9 Å². The fraction of sp³-hybridized carbons (Fsp3) is 0.452. The van der Waals surface area contributed by atoms with E-state index in [1.165, 1.54) is 25.9 Å². The van der Waals surface area contributed by atoms with Gasteiger partial charge in [0.15, 0.2) is 0 Å². The minimum Gasteiger partial charge on any atom is -0.495 e.